The Morgan fingerprint density at radius 2 is 2.00 bits per heavy atom. The maximum atomic E-state index is 14.1. The van der Waals surface area contributed by atoms with Crippen LogP contribution >= 0.6 is 0 Å². The minimum Gasteiger partial charge on any atom is -0.494 e. The Labute approximate surface area is 193 Å². The van der Waals surface area contributed by atoms with E-state index in [1.807, 2.05) is 41.0 Å². The van der Waals surface area contributed by atoms with Gasteiger partial charge in [-0.15, -0.1) is 0 Å². The van der Waals surface area contributed by atoms with Crippen LogP contribution in [0, 0.1) is 24.1 Å². The largest absolute Gasteiger partial charge is 0.494 e. The number of carbonyl (C=O) groups excluding carboxylic acids is 1. The molecule has 170 valence electrons. The minimum atomic E-state index is -0.314. The normalized spacial score (nSPS) is 14.1. The molecule has 1 saturated heterocycles. The van der Waals surface area contributed by atoms with Gasteiger partial charge in [-0.2, -0.15) is 5.26 Å². The number of hydrogen-bond donors (Lipinski definition) is 0. The standard InChI is InChI=1S/C26H27FN4O2/c1-3-33-24-8-5-4-7-19(24)15-25(32)30-9-6-10-31(12-11-30)26-21(17-28)14-20-13-18(2)22(27)16-23(20)29-26/h4-5,7-8,13-14,16H,3,6,9-12,15H2,1-2H3. The lowest BCUT2D eigenvalue weighted by Gasteiger charge is -2.24. The number of ether oxygens (including phenoxy) is 1. The van der Waals surface area contributed by atoms with Crippen molar-refractivity contribution in [3.05, 3.63) is 65.0 Å². The van der Waals surface area contributed by atoms with Crippen molar-refractivity contribution in [1.29, 1.82) is 5.26 Å². The van der Waals surface area contributed by atoms with Crippen LogP contribution in [0.15, 0.2) is 42.5 Å². The van der Waals surface area contributed by atoms with Crippen molar-refractivity contribution >= 4 is 22.6 Å². The smallest absolute Gasteiger partial charge is 0.227 e. The second-order valence-electron chi connectivity index (χ2n) is 8.20. The number of anilines is 1. The molecule has 1 aromatic heterocycles. The van der Waals surface area contributed by atoms with Crippen molar-refractivity contribution in [3.8, 4) is 11.8 Å². The number of nitrogens with zero attached hydrogens (tertiary/aromatic N) is 4. The highest BCUT2D eigenvalue weighted by atomic mass is 19.1. The van der Waals surface area contributed by atoms with Crippen molar-refractivity contribution < 1.29 is 13.9 Å². The number of pyridine rings is 1. The fourth-order valence-corrected chi connectivity index (χ4v) is 4.22. The Morgan fingerprint density at radius 3 is 2.79 bits per heavy atom. The second kappa shape index (κ2) is 9.86. The Balaban J connectivity index is 1.51. The van der Waals surface area contributed by atoms with E-state index in [9.17, 15) is 14.4 Å². The van der Waals surface area contributed by atoms with Crippen molar-refractivity contribution in [1.82, 2.24) is 9.88 Å². The third-order valence-corrected chi connectivity index (χ3v) is 5.96. The zero-order valence-corrected chi connectivity index (χ0v) is 19.0. The van der Waals surface area contributed by atoms with E-state index in [0.717, 1.165) is 23.1 Å². The maximum absolute atomic E-state index is 14.1. The monoisotopic (exact) mass is 446 g/mol. The molecule has 2 heterocycles. The average molecular weight is 447 g/mol. The molecule has 33 heavy (non-hydrogen) atoms. The molecular formula is C26H27FN4O2. The Morgan fingerprint density at radius 1 is 1.18 bits per heavy atom. The highest BCUT2D eigenvalue weighted by molar-refractivity contribution is 5.84. The van der Waals surface area contributed by atoms with Crippen LogP contribution in [0.5, 0.6) is 5.75 Å². The number of para-hydroxylation sites is 1. The summed E-state index contributed by atoms with van der Waals surface area (Å²) in [7, 11) is 0. The van der Waals surface area contributed by atoms with Gasteiger partial charge in [-0.25, -0.2) is 9.37 Å². The lowest BCUT2D eigenvalue weighted by Crippen LogP contribution is -2.36. The summed E-state index contributed by atoms with van der Waals surface area (Å²) >= 11 is 0. The molecule has 3 aromatic rings. The number of fused-ring (bicyclic) bond motifs is 1. The number of rotatable bonds is 5. The molecule has 1 amide bonds. The summed E-state index contributed by atoms with van der Waals surface area (Å²) in [6.45, 7) is 6.56. The minimum absolute atomic E-state index is 0.0496. The quantitative estimate of drug-likeness (QED) is 0.587. The van der Waals surface area contributed by atoms with Crippen LogP contribution in [-0.4, -0.2) is 48.6 Å². The Hall–Kier alpha value is -3.66. The maximum Gasteiger partial charge on any atom is 0.227 e. The van der Waals surface area contributed by atoms with E-state index < -0.39 is 0 Å². The molecule has 4 rings (SSSR count). The summed E-state index contributed by atoms with van der Waals surface area (Å²) < 4.78 is 19.8. The molecule has 0 N–H and O–H groups in total. The summed E-state index contributed by atoms with van der Waals surface area (Å²) in [4.78, 5) is 21.5. The molecule has 7 heteroatoms. The first-order valence-electron chi connectivity index (χ1n) is 11.2. The number of nitriles is 1. The van der Waals surface area contributed by atoms with Gasteiger partial charge >= 0.3 is 0 Å². The molecule has 0 atom stereocenters. The van der Waals surface area contributed by atoms with Crippen LogP contribution in [-0.2, 0) is 11.2 Å². The highest BCUT2D eigenvalue weighted by Crippen LogP contribution is 2.26. The molecule has 0 bridgehead atoms. The molecule has 0 unspecified atom stereocenters. The molecular weight excluding hydrogens is 419 g/mol. The van der Waals surface area contributed by atoms with Crippen LogP contribution in [0.1, 0.15) is 30.0 Å². The van der Waals surface area contributed by atoms with Gasteiger partial charge in [-0.1, -0.05) is 18.2 Å². The number of aryl methyl sites for hydroxylation is 1. The molecule has 6 nitrogen and oxygen atoms in total. The highest BCUT2D eigenvalue weighted by Gasteiger charge is 2.23. The third-order valence-electron chi connectivity index (χ3n) is 5.96. The molecule has 0 saturated carbocycles. The van der Waals surface area contributed by atoms with E-state index in [4.69, 9.17) is 4.74 Å². The fraction of sp³-hybridized carbons (Fsp3) is 0.346. The van der Waals surface area contributed by atoms with Crippen LogP contribution in [0.4, 0.5) is 10.2 Å². The summed E-state index contributed by atoms with van der Waals surface area (Å²) in [5.41, 5.74) is 2.39. The Kier molecular flexibility index (Phi) is 6.74. The van der Waals surface area contributed by atoms with Gasteiger partial charge in [-0.3, -0.25) is 4.79 Å². The number of benzene rings is 2. The summed E-state index contributed by atoms with van der Waals surface area (Å²) in [6.07, 6.45) is 1.04. The topological polar surface area (TPSA) is 69.5 Å². The predicted octanol–water partition coefficient (Wildman–Crippen LogP) is 4.23. The average Bonchev–Trinajstić information content (AvgIpc) is 3.07. The van der Waals surface area contributed by atoms with E-state index in [1.165, 1.54) is 6.07 Å². The van der Waals surface area contributed by atoms with E-state index in [1.54, 1.807) is 19.1 Å². The lowest BCUT2D eigenvalue weighted by atomic mass is 10.1. The molecule has 1 aliphatic heterocycles. The van der Waals surface area contributed by atoms with Gasteiger partial charge < -0.3 is 14.5 Å². The van der Waals surface area contributed by atoms with Gasteiger partial charge in [0.05, 0.1) is 24.1 Å². The Bertz CT molecular complexity index is 1220. The van der Waals surface area contributed by atoms with Gasteiger partial charge in [-0.05, 0) is 44.0 Å². The van der Waals surface area contributed by atoms with Crippen molar-refractivity contribution in [3.63, 3.8) is 0 Å². The van der Waals surface area contributed by atoms with Gasteiger partial charge in [0.25, 0.3) is 0 Å². The lowest BCUT2D eigenvalue weighted by molar-refractivity contribution is -0.130. The molecule has 0 radical (unpaired) electrons. The molecule has 2 aromatic carbocycles. The summed E-state index contributed by atoms with van der Waals surface area (Å²) in [5, 5.41) is 10.5. The zero-order chi connectivity index (χ0) is 23.4. The predicted molar refractivity (Wildman–Crippen MR) is 126 cm³/mol. The van der Waals surface area contributed by atoms with Gasteiger partial charge in [0.15, 0.2) is 0 Å². The number of carbonyl (C=O) groups is 1. The second-order valence-corrected chi connectivity index (χ2v) is 8.20. The number of hydrogen-bond acceptors (Lipinski definition) is 5. The molecule has 1 fully saturated rings. The first kappa shape index (κ1) is 22.5. The summed E-state index contributed by atoms with van der Waals surface area (Å²) in [5.74, 6) is 1.02. The fourth-order valence-electron chi connectivity index (χ4n) is 4.22. The van der Waals surface area contributed by atoms with Gasteiger partial charge in [0, 0.05) is 43.2 Å². The van der Waals surface area contributed by atoms with Crippen molar-refractivity contribution in [2.75, 3.05) is 37.7 Å². The molecule has 0 spiro atoms. The van der Waals surface area contributed by atoms with Crippen molar-refractivity contribution in [2.24, 2.45) is 0 Å². The summed E-state index contributed by atoms with van der Waals surface area (Å²) in [6, 6.07) is 14.7. The number of aromatic nitrogens is 1. The number of halogens is 1. The van der Waals surface area contributed by atoms with Crippen LogP contribution in [0.2, 0.25) is 0 Å². The van der Waals surface area contributed by atoms with E-state index in [2.05, 4.69) is 11.1 Å². The van der Waals surface area contributed by atoms with Crippen molar-refractivity contribution in [2.45, 2.75) is 26.7 Å². The molecule has 1 aliphatic rings. The van der Waals surface area contributed by atoms with Gasteiger partial charge in [0.1, 0.15) is 23.5 Å². The van der Waals surface area contributed by atoms with Gasteiger partial charge in [0.2, 0.25) is 5.91 Å². The SMILES string of the molecule is CCOc1ccccc1CC(=O)N1CCCN(c2nc3cc(F)c(C)cc3cc2C#N)CC1. The first-order valence-corrected chi connectivity index (χ1v) is 11.2. The van der Waals surface area contributed by atoms with E-state index in [0.29, 0.717) is 55.2 Å². The van der Waals surface area contributed by atoms with Crippen LogP contribution < -0.4 is 9.64 Å². The van der Waals surface area contributed by atoms with Crippen LogP contribution in [0.3, 0.4) is 0 Å². The zero-order valence-electron chi connectivity index (χ0n) is 19.0. The first-order chi connectivity index (χ1) is 16.0. The van der Waals surface area contributed by atoms with E-state index >= 15 is 0 Å². The van der Waals surface area contributed by atoms with E-state index in [-0.39, 0.29) is 18.1 Å². The number of amides is 1. The third kappa shape index (κ3) is 4.90. The van der Waals surface area contributed by atoms with Crippen LogP contribution in [0.25, 0.3) is 10.9 Å². The molecule has 0 aliphatic carbocycles.